The maximum atomic E-state index is 10.9. The smallest absolute Gasteiger partial charge is 0.193 e. The number of benzene rings is 1. The predicted octanol–water partition coefficient (Wildman–Crippen LogP) is 2.95. The Morgan fingerprint density at radius 2 is 2.22 bits per heavy atom. The second-order valence-corrected chi connectivity index (χ2v) is 4.32. The summed E-state index contributed by atoms with van der Waals surface area (Å²) in [5, 5.41) is 4.84. The minimum absolute atomic E-state index is 0.471. The molecule has 0 saturated heterocycles. The summed E-state index contributed by atoms with van der Waals surface area (Å²) < 4.78 is 7.20. The van der Waals surface area contributed by atoms with E-state index in [0.29, 0.717) is 11.3 Å². The van der Waals surface area contributed by atoms with Gasteiger partial charge in [-0.1, -0.05) is 17.3 Å². The Morgan fingerprint density at radius 3 is 2.94 bits per heavy atom. The molecule has 3 rings (SSSR count). The van der Waals surface area contributed by atoms with E-state index in [1.54, 1.807) is 0 Å². The second-order valence-electron chi connectivity index (χ2n) is 4.32. The zero-order chi connectivity index (χ0) is 12.7. The molecule has 0 saturated carbocycles. The Balaban J connectivity index is 2.34. The van der Waals surface area contributed by atoms with E-state index < -0.39 is 0 Å². The van der Waals surface area contributed by atoms with Gasteiger partial charge in [0.25, 0.3) is 0 Å². The van der Waals surface area contributed by atoms with Gasteiger partial charge in [-0.2, -0.15) is 0 Å². The average molecular weight is 240 g/mol. The minimum Gasteiger partial charge on any atom is -0.354 e. The van der Waals surface area contributed by atoms with Gasteiger partial charge in [0.05, 0.1) is 17.5 Å². The van der Waals surface area contributed by atoms with Crippen LogP contribution in [-0.4, -0.2) is 16.0 Å². The summed E-state index contributed by atoms with van der Waals surface area (Å²) >= 11 is 0. The molecule has 0 amide bonds. The molecule has 0 aliphatic carbocycles. The van der Waals surface area contributed by atoms with E-state index in [1.807, 2.05) is 29.8 Å². The lowest BCUT2D eigenvalue weighted by Gasteiger charge is -2.01. The van der Waals surface area contributed by atoms with Crippen LogP contribution in [0.4, 0.5) is 0 Å². The van der Waals surface area contributed by atoms with E-state index in [0.717, 1.165) is 22.9 Å². The van der Waals surface area contributed by atoms with Gasteiger partial charge in [0.1, 0.15) is 0 Å². The van der Waals surface area contributed by atoms with Crippen molar-refractivity contribution >= 4 is 17.2 Å². The first kappa shape index (κ1) is 10.8. The standard InChI is InChI=1S/C14H12N2O2/c1-9-4-3-5-12-11(9)6-13(16(12)2)14-10(8-17)7-15-18-14/h3-8H,1-2H3. The Morgan fingerprint density at radius 1 is 1.39 bits per heavy atom. The molecule has 0 spiro atoms. The summed E-state index contributed by atoms with van der Waals surface area (Å²) in [5.74, 6) is 0.517. The third kappa shape index (κ3) is 1.39. The summed E-state index contributed by atoms with van der Waals surface area (Å²) in [7, 11) is 1.95. The van der Waals surface area contributed by atoms with Gasteiger partial charge in [-0.05, 0) is 24.6 Å². The van der Waals surface area contributed by atoms with Crippen molar-refractivity contribution in [1.29, 1.82) is 0 Å². The average Bonchev–Trinajstić information content (AvgIpc) is 2.95. The fraction of sp³-hybridized carbons (Fsp3) is 0.143. The van der Waals surface area contributed by atoms with Crippen LogP contribution in [0, 0.1) is 6.92 Å². The Bertz CT molecular complexity index is 737. The van der Waals surface area contributed by atoms with Gasteiger partial charge in [0, 0.05) is 18.0 Å². The normalized spacial score (nSPS) is 11.0. The number of carbonyl (C=O) groups excluding carboxylic acids is 1. The first-order valence-corrected chi connectivity index (χ1v) is 5.67. The highest BCUT2D eigenvalue weighted by Gasteiger charge is 2.16. The number of nitrogens with zero attached hydrogens (tertiary/aromatic N) is 2. The largest absolute Gasteiger partial charge is 0.354 e. The Labute approximate surface area is 104 Å². The van der Waals surface area contributed by atoms with E-state index in [9.17, 15) is 4.79 Å². The van der Waals surface area contributed by atoms with E-state index >= 15 is 0 Å². The van der Waals surface area contributed by atoms with Crippen LogP contribution in [-0.2, 0) is 7.05 Å². The maximum Gasteiger partial charge on any atom is 0.193 e. The maximum absolute atomic E-state index is 10.9. The number of rotatable bonds is 2. The van der Waals surface area contributed by atoms with Crippen LogP contribution in [0.2, 0.25) is 0 Å². The molecule has 0 aliphatic heterocycles. The van der Waals surface area contributed by atoms with Gasteiger partial charge in [0.15, 0.2) is 12.0 Å². The first-order valence-electron chi connectivity index (χ1n) is 5.67. The van der Waals surface area contributed by atoms with E-state index in [2.05, 4.69) is 18.1 Å². The van der Waals surface area contributed by atoms with Crippen molar-refractivity contribution in [3.05, 3.63) is 41.6 Å². The Kier molecular flexibility index (Phi) is 2.30. The molecule has 0 aliphatic rings. The number of hydrogen-bond acceptors (Lipinski definition) is 3. The van der Waals surface area contributed by atoms with E-state index in [1.165, 1.54) is 11.8 Å². The number of fused-ring (bicyclic) bond motifs is 1. The van der Waals surface area contributed by atoms with Gasteiger partial charge in [-0.15, -0.1) is 0 Å². The number of aldehydes is 1. The summed E-state index contributed by atoms with van der Waals surface area (Å²) in [6.45, 7) is 2.06. The lowest BCUT2D eigenvalue weighted by Crippen LogP contribution is -1.92. The lowest BCUT2D eigenvalue weighted by atomic mass is 10.1. The van der Waals surface area contributed by atoms with Crippen molar-refractivity contribution in [2.75, 3.05) is 0 Å². The minimum atomic E-state index is 0.471. The molecule has 0 bridgehead atoms. The zero-order valence-electron chi connectivity index (χ0n) is 10.2. The van der Waals surface area contributed by atoms with Crippen molar-refractivity contribution in [3.8, 4) is 11.5 Å². The lowest BCUT2D eigenvalue weighted by molar-refractivity contribution is 0.112. The molecule has 0 unspecified atom stereocenters. The van der Waals surface area contributed by atoms with Gasteiger partial charge in [-0.25, -0.2) is 0 Å². The van der Waals surface area contributed by atoms with Crippen LogP contribution >= 0.6 is 0 Å². The fourth-order valence-electron chi connectivity index (χ4n) is 2.25. The van der Waals surface area contributed by atoms with Crippen molar-refractivity contribution in [3.63, 3.8) is 0 Å². The highest BCUT2D eigenvalue weighted by molar-refractivity contribution is 5.92. The van der Waals surface area contributed by atoms with Crippen molar-refractivity contribution in [2.24, 2.45) is 7.05 Å². The molecule has 0 N–H and O–H groups in total. The molecular formula is C14H12N2O2. The monoisotopic (exact) mass is 240 g/mol. The fourth-order valence-corrected chi connectivity index (χ4v) is 2.25. The molecule has 90 valence electrons. The highest BCUT2D eigenvalue weighted by Crippen LogP contribution is 2.30. The molecule has 3 aromatic rings. The SMILES string of the molecule is Cc1cccc2c1cc(-c1oncc1C=O)n2C. The zero-order valence-corrected chi connectivity index (χ0v) is 10.2. The number of aromatic nitrogens is 2. The third-order valence-corrected chi connectivity index (χ3v) is 3.26. The molecular weight excluding hydrogens is 228 g/mol. The summed E-state index contributed by atoms with van der Waals surface area (Å²) in [6, 6.07) is 8.15. The van der Waals surface area contributed by atoms with Crippen LogP contribution in [0.25, 0.3) is 22.4 Å². The Hall–Kier alpha value is -2.36. The number of hydrogen-bond donors (Lipinski definition) is 0. The molecule has 2 aromatic heterocycles. The first-order chi connectivity index (χ1) is 8.72. The van der Waals surface area contributed by atoms with Crippen LogP contribution < -0.4 is 0 Å². The van der Waals surface area contributed by atoms with Gasteiger partial charge >= 0.3 is 0 Å². The molecule has 18 heavy (non-hydrogen) atoms. The summed E-state index contributed by atoms with van der Waals surface area (Å²) in [5.41, 5.74) is 3.64. The van der Waals surface area contributed by atoms with Crippen molar-refractivity contribution < 1.29 is 9.32 Å². The highest BCUT2D eigenvalue weighted by atomic mass is 16.5. The topological polar surface area (TPSA) is 48.0 Å². The molecule has 0 fully saturated rings. The number of carbonyl (C=O) groups is 1. The second kappa shape index (κ2) is 3.84. The summed E-state index contributed by atoms with van der Waals surface area (Å²) in [6.07, 6.45) is 2.20. The van der Waals surface area contributed by atoms with Crippen LogP contribution in [0.5, 0.6) is 0 Å². The molecule has 0 radical (unpaired) electrons. The third-order valence-electron chi connectivity index (χ3n) is 3.26. The van der Waals surface area contributed by atoms with Crippen molar-refractivity contribution in [2.45, 2.75) is 6.92 Å². The van der Waals surface area contributed by atoms with E-state index in [4.69, 9.17) is 4.52 Å². The number of aryl methyl sites for hydroxylation is 2. The van der Waals surface area contributed by atoms with E-state index in [-0.39, 0.29) is 0 Å². The molecule has 4 nitrogen and oxygen atoms in total. The van der Waals surface area contributed by atoms with Crippen LogP contribution in [0.15, 0.2) is 35.0 Å². The molecule has 2 heterocycles. The van der Waals surface area contributed by atoms with Gasteiger partial charge in [-0.3, -0.25) is 4.79 Å². The summed E-state index contributed by atoms with van der Waals surface area (Å²) in [4.78, 5) is 10.9. The van der Waals surface area contributed by atoms with Gasteiger partial charge < -0.3 is 9.09 Å². The molecule has 1 aromatic carbocycles. The molecule has 0 atom stereocenters. The quantitative estimate of drug-likeness (QED) is 0.647. The predicted molar refractivity (Wildman–Crippen MR) is 68.5 cm³/mol. The van der Waals surface area contributed by atoms with Crippen LogP contribution in [0.3, 0.4) is 0 Å². The molecule has 4 heteroatoms. The van der Waals surface area contributed by atoms with Crippen LogP contribution in [0.1, 0.15) is 15.9 Å². The van der Waals surface area contributed by atoms with Gasteiger partial charge in [0.2, 0.25) is 0 Å². The van der Waals surface area contributed by atoms with Crippen molar-refractivity contribution in [1.82, 2.24) is 9.72 Å².